The van der Waals surface area contributed by atoms with Crippen LogP contribution in [-0.2, 0) is 14.6 Å². The van der Waals surface area contributed by atoms with Gasteiger partial charge in [0.2, 0.25) is 5.91 Å². The quantitative estimate of drug-likeness (QED) is 0.729. The molecule has 98 valence electrons. The Bertz CT molecular complexity index is 394. The van der Waals surface area contributed by atoms with Gasteiger partial charge in [0, 0.05) is 6.54 Å². The monoisotopic (exact) mass is 260 g/mol. The Labute approximate surface area is 102 Å². The number of hydrogen-bond donors (Lipinski definition) is 2. The van der Waals surface area contributed by atoms with Crippen LogP contribution in [0.4, 0.5) is 0 Å². The molecule has 2 rings (SSSR count). The Balaban J connectivity index is 1.84. The van der Waals surface area contributed by atoms with Gasteiger partial charge in [-0.2, -0.15) is 0 Å². The van der Waals surface area contributed by atoms with Gasteiger partial charge in [0.05, 0.1) is 17.0 Å². The fourth-order valence-electron chi connectivity index (χ4n) is 2.60. The predicted octanol–water partition coefficient (Wildman–Crippen LogP) is -0.322. The zero-order valence-electron chi connectivity index (χ0n) is 10.1. The standard InChI is InChI=1S/C11H20N2O3S/c1-8-4-5-12-10(8)11(14)13-7-9-3-2-6-17(9,15)16/h8-10,12H,2-7H2,1H3,(H,13,14). The van der Waals surface area contributed by atoms with E-state index < -0.39 is 9.84 Å². The summed E-state index contributed by atoms with van der Waals surface area (Å²) in [5.41, 5.74) is 0. The lowest BCUT2D eigenvalue weighted by Crippen LogP contribution is -2.46. The van der Waals surface area contributed by atoms with Gasteiger partial charge in [-0.25, -0.2) is 8.42 Å². The van der Waals surface area contributed by atoms with Crippen molar-refractivity contribution < 1.29 is 13.2 Å². The summed E-state index contributed by atoms with van der Waals surface area (Å²) in [4.78, 5) is 11.9. The summed E-state index contributed by atoms with van der Waals surface area (Å²) in [6, 6.07) is -0.154. The van der Waals surface area contributed by atoms with Crippen LogP contribution in [0.3, 0.4) is 0 Å². The van der Waals surface area contributed by atoms with E-state index in [0.29, 0.717) is 12.3 Å². The molecule has 2 saturated heterocycles. The van der Waals surface area contributed by atoms with Gasteiger partial charge in [-0.05, 0) is 31.7 Å². The Morgan fingerprint density at radius 1 is 1.41 bits per heavy atom. The molecule has 0 aromatic rings. The van der Waals surface area contributed by atoms with E-state index in [-0.39, 0.29) is 29.5 Å². The maximum absolute atomic E-state index is 11.9. The maximum Gasteiger partial charge on any atom is 0.237 e. The van der Waals surface area contributed by atoms with Gasteiger partial charge in [0.25, 0.3) is 0 Å². The summed E-state index contributed by atoms with van der Waals surface area (Å²) in [7, 11) is -2.95. The summed E-state index contributed by atoms with van der Waals surface area (Å²) >= 11 is 0. The van der Waals surface area contributed by atoms with Crippen molar-refractivity contribution in [2.24, 2.45) is 5.92 Å². The third-order valence-electron chi connectivity index (χ3n) is 3.78. The molecule has 0 radical (unpaired) electrons. The molecule has 0 saturated carbocycles. The van der Waals surface area contributed by atoms with Crippen LogP contribution < -0.4 is 10.6 Å². The molecule has 1 amide bonds. The molecule has 0 aromatic carbocycles. The third kappa shape index (κ3) is 2.80. The van der Waals surface area contributed by atoms with E-state index in [0.717, 1.165) is 19.4 Å². The number of carbonyl (C=O) groups is 1. The van der Waals surface area contributed by atoms with Crippen molar-refractivity contribution in [2.75, 3.05) is 18.8 Å². The SMILES string of the molecule is CC1CCNC1C(=O)NCC1CCCS1(=O)=O. The highest BCUT2D eigenvalue weighted by Crippen LogP contribution is 2.19. The lowest BCUT2D eigenvalue weighted by atomic mass is 10.0. The Hall–Kier alpha value is -0.620. The highest BCUT2D eigenvalue weighted by molar-refractivity contribution is 7.92. The molecular weight excluding hydrogens is 240 g/mol. The van der Waals surface area contributed by atoms with Crippen molar-refractivity contribution >= 4 is 15.7 Å². The van der Waals surface area contributed by atoms with Crippen molar-refractivity contribution in [2.45, 2.75) is 37.5 Å². The fraction of sp³-hybridized carbons (Fsp3) is 0.909. The molecule has 3 unspecified atom stereocenters. The van der Waals surface area contributed by atoms with Crippen molar-refractivity contribution in [1.29, 1.82) is 0 Å². The Morgan fingerprint density at radius 2 is 2.18 bits per heavy atom. The number of amides is 1. The summed E-state index contributed by atoms with van der Waals surface area (Å²) in [6.07, 6.45) is 2.40. The second-order valence-electron chi connectivity index (χ2n) is 5.07. The minimum absolute atomic E-state index is 0.0582. The van der Waals surface area contributed by atoms with E-state index in [1.165, 1.54) is 0 Å². The summed E-state index contributed by atoms with van der Waals surface area (Å²) in [6.45, 7) is 3.17. The van der Waals surface area contributed by atoms with Crippen LogP contribution in [0.15, 0.2) is 0 Å². The van der Waals surface area contributed by atoms with Crippen molar-refractivity contribution in [3.8, 4) is 0 Å². The minimum atomic E-state index is -2.95. The summed E-state index contributed by atoms with van der Waals surface area (Å²) in [5.74, 6) is 0.540. The molecule has 2 fully saturated rings. The molecular formula is C11H20N2O3S. The van der Waals surface area contributed by atoms with Gasteiger partial charge in [-0.15, -0.1) is 0 Å². The van der Waals surface area contributed by atoms with Gasteiger partial charge >= 0.3 is 0 Å². The lowest BCUT2D eigenvalue weighted by Gasteiger charge is -2.17. The average molecular weight is 260 g/mol. The number of rotatable bonds is 3. The topological polar surface area (TPSA) is 75.3 Å². The first kappa shape index (κ1) is 12.8. The molecule has 0 aromatic heterocycles. The molecule has 2 heterocycles. The largest absolute Gasteiger partial charge is 0.353 e. The van der Waals surface area contributed by atoms with E-state index in [1.54, 1.807) is 0 Å². The number of sulfone groups is 1. The zero-order valence-corrected chi connectivity index (χ0v) is 10.9. The van der Waals surface area contributed by atoms with Crippen LogP contribution in [0, 0.1) is 5.92 Å². The molecule has 5 nitrogen and oxygen atoms in total. The van der Waals surface area contributed by atoms with Crippen molar-refractivity contribution in [1.82, 2.24) is 10.6 Å². The van der Waals surface area contributed by atoms with Gasteiger partial charge in [0.15, 0.2) is 9.84 Å². The third-order valence-corrected chi connectivity index (χ3v) is 6.06. The average Bonchev–Trinajstić information content (AvgIpc) is 2.81. The van der Waals surface area contributed by atoms with Crippen LogP contribution in [0.2, 0.25) is 0 Å². The maximum atomic E-state index is 11.9. The molecule has 0 spiro atoms. The van der Waals surface area contributed by atoms with Gasteiger partial charge in [-0.1, -0.05) is 6.92 Å². The van der Waals surface area contributed by atoms with Crippen LogP contribution in [0.1, 0.15) is 26.2 Å². The van der Waals surface area contributed by atoms with Crippen molar-refractivity contribution in [3.63, 3.8) is 0 Å². The van der Waals surface area contributed by atoms with Crippen LogP contribution in [0.25, 0.3) is 0 Å². The zero-order chi connectivity index (χ0) is 12.5. The lowest BCUT2D eigenvalue weighted by molar-refractivity contribution is -0.123. The molecule has 6 heteroatoms. The van der Waals surface area contributed by atoms with E-state index in [9.17, 15) is 13.2 Å². The van der Waals surface area contributed by atoms with Crippen LogP contribution in [0.5, 0.6) is 0 Å². The molecule has 2 N–H and O–H groups in total. The minimum Gasteiger partial charge on any atom is -0.353 e. The number of hydrogen-bond acceptors (Lipinski definition) is 4. The van der Waals surface area contributed by atoms with Gasteiger partial charge in [-0.3, -0.25) is 4.79 Å². The first-order valence-corrected chi connectivity index (χ1v) is 7.95. The molecule has 2 aliphatic rings. The second-order valence-corrected chi connectivity index (χ2v) is 7.47. The van der Waals surface area contributed by atoms with Gasteiger partial charge in [0.1, 0.15) is 0 Å². The van der Waals surface area contributed by atoms with Crippen molar-refractivity contribution in [3.05, 3.63) is 0 Å². The summed E-state index contributed by atoms with van der Waals surface area (Å²) < 4.78 is 23.2. The molecule has 0 aliphatic carbocycles. The highest BCUT2D eigenvalue weighted by atomic mass is 32.2. The Kier molecular flexibility index (Phi) is 3.73. The Morgan fingerprint density at radius 3 is 2.71 bits per heavy atom. The van der Waals surface area contributed by atoms with E-state index >= 15 is 0 Å². The fourth-order valence-corrected chi connectivity index (χ4v) is 4.36. The van der Waals surface area contributed by atoms with Crippen LogP contribution >= 0.6 is 0 Å². The number of carbonyl (C=O) groups excluding carboxylic acids is 1. The molecule has 17 heavy (non-hydrogen) atoms. The smallest absolute Gasteiger partial charge is 0.237 e. The predicted molar refractivity (Wildman–Crippen MR) is 65.4 cm³/mol. The first-order chi connectivity index (χ1) is 8.00. The number of nitrogens with one attached hydrogen (secondary N) is 2. The van der Waals surface area contributed by atoms with E-state index in [4.69, 9.17) is 0 Å². The van der Waals surface area contributed by atoms with E-state index in [2.05, 4.69) is 10.6 Å². The summed E-state index contributed by atoms with van der Waals surface area (Å²) in [5, 5.41) is 5.54. The normalized spacial score (nSPS) is 35.9. The molecule has 0 bridgehead atoms. The van der Waals surface area contributed by atoms with E-state index in [1.807, 2.05) is 6.92 Å². The second kappa shape index (κ2) is 4.94. The molecule has 2 aliphatic heterocycles. The van der Waals surface area contributed by atoms with Crippen LogP contribution in [-0.4, -0.2) is 44.5 Å². The highest BCUT2D eigenvalue weighted by Gasteiger charge is 2.33. The molecule has 3 atom stereocenters. The van der Waals surface area contributed by atoms with Gasteiger partial charge < -0.3 is 10.6 Å². The first-order valence-electron chi connectivity index (χ1n) is 6.23.